The van der Waals surface area contributed by atoms with Gasteiger partial charge in [-0.05, 0) is 43.6 Å². The van der Waals surface area contributed by atoms with E-state index in [1.807, 2.05) is 0 Å². The van der Waals surface area contributed by atoms with Crippen molar-refractivity contribution in [3.63, 3.8) is 0 Å². The highest BCUT2D eigenvalue weighted by atomic mass is 16.5. The first-order valence-corrected chi connectivity index (χ1v) is 7.07. The number of hydrogen-bond acceptors (Lipinski definition) is 4. The van der Waals surface area contributed by atoms with Crippen LogP contribution in [0.15, 0.2) is 0 Å². The minimum atomic E-state index is -0.783. The average molecular weight is 254 g/mol. The minimum Gasteiger partial charge on any atom is -0.468 e. The Morgan fingerprint density at radius 1 is 1.33 bits per heavy atom. The van der Waals surface area contributed by atoms with Gasteiger partial charge in [0.2, 0.25) is 0 Å². The molecule has 2 rings (SSSR count). The first-order valence-electron chi connectivity index (χ1n) is 7.07. The minimum absolute atomic E-state index is 0.240. The van der Waals surface area contributed by atoms with Gasteiger partial charge < -0.3 is 15.4 Å². The van der Waals surface area contributed by atoms with Crippen LogP contribution in [0.2, 0.25) is 0 Å². The third-order valence-corrected chi connectivity index (χ3v) is 4.77. The second kappa shape index (κ2) is 5.17. The standard InChI is InChI=1S/C14H26N2O2/c1-10-6-7-16(8-11(10)2)9-14(15,12-4-5-12)13(17)18-3/h10-12H,4-9,15H2,1-3H3. The van der Waals surface area contributed by atoms with E-state index >= 15 is 0 Å². The summed E-state index contributed by atoms with van der Waals surface area (Å²) in [5.41, 5.74) is 5.57. The van der Waals surface area contributed by atoms with E-state index in [4.69, 9.17) is 10.5 Å². The highest BCUT2D eigenvalue weighted by Gasteiger charge is 2.50. The summed E-state index contributed by atoms with van der Waals surface area (Å²) in [7, 11) is 1.44. The molecule has 0 radical (unpaired) electrons. The molecule has 2 aliphatic rings. The van der Waals surface area contributed by atoms with Crippen LogP contribution in [0.3, 0.4) is 0 Å². The molecule has 0 spiro atoms. The fourth-order valence-electron chi connectivity index (χ4n) is 3.01. The Bertz CT molecular complexity index is 317. The predicted octanol–water partition coefficient (Wildman–Crippen LogP) is 1.24. The third-order valence-electron chi connectivity index (χ3n) is 4.77. The Labute approximate surface area is 110 Å². The molecule has 3 atom stereocenters. The molecule has 4 nitrogen and oxygen atoms in total. The van der Waals surface area contributed by atoms with Crippen LogP contribution in [-0.2, 0) is 9.53 Å². The van der Waals surface area contributed by atoms with Crippen LogP contribution in [0.1, 0.15) is 33.1 Å². The smallest absolute Gasteiger partial charge is 0.327 e. The summed E-state index contributed by atoms with van der Waals surface area (Å²) in [5.74, 6) is 1.53. The SMILES string of the molecule is COC(=O)C(N)(CN1CCC(C)C(C)C1)C1CC1. The van der Waals surface area contributed by atoms with Crippen molar-refractivity contribution >= 4 is 5.97 Å². The molecule has 0 bridgehead atoms. The van der Waals surface area contributed by atoms with Crippen molar-refractivity contribution in [2.24, 2.45) is 23.5 Å². The zero-order chi connectivity index (χ0) is 13.3. The number of methoxy groups -OCH3 is 1. The zero-order valence-corrected chi connectivity index (χ0v) is 11.8. The second-order valence-corrected chi connectivity index (χ2v) is 6.28. The quantitative estimate of drug-likeness (QED) is 0.767. The Hall–Kier alpha value is -0.610. The van der Waals surface area contributed by atoms with Crippen molar-refractivity contribution in [3.8, 4) is 0 Å². The van der Waals surface area contributed by atoms with Gasteiger partial charge in [0.25, 0.3) is 0 Å². The lowest BCUT2D eigenvalue weighted by atomic mass is 9.86. The first kappa shape index (κ1) is 13.8. The molecule has 2 fully saturated rings. The van der Waals surface area contributed by atoms with Crippen molar-refractivity contribution in [2.45, 2.75) is 38.6 Å². The molecule has 0 aromatic heterocycles. The molecule has 1 aliphatic carbocycles. The summed E-state index contributed by atoms with van der Waals surface area (Å²) < 4.78 is 4.92. The van der Waals surface area contributed by atoms with E-state index < -0.39 is 5.54 Å². The van der Waals surface area contributed by atoms with Crippen molar-refractivity contribution in [1.82, 2.24) is 4.90 Å². The summed E-state index contributed by atoms with van der Waals surface area (Å²) in [6.07, 6.45) is 3.32. The van der Waals surface area contributed by atoms with E-state index in [1.165, 1.54) is 13.5 Å². The summed E-state index contributed by atoms with van der Waals surface area (Å²) in [6, 6.07) is 0. The molecule has 1 aliphatic heterocycles. The average Bonchev–Trinajstić information content (AvgIpc) is 3.17. The van der Waals surface area contributed by atoms with Gasteiger partial charge in [0.15, 0.2) is 0 Å². The number of likely N-dealkylation sites (tertiary alicyclic amines) is 1. The van der Waals surface area contributed by atoms with E-state index in [0.29, 0.717) is 18.4 Å². The Kier molecular flexibility index (Phi) is 3.97. The van der Waals surface area contributed by atoms with Gasteiger partial charge in [-0.3, -0.25) is 4.79 Å². The number of piperidine rings is 1. The van der Waals surface area contributed by atoms with Crippen LogP contribution in [0.4, 0.5) is 0 Å². The van der Waals surface area contributed by atoms with E-state index in [2.05, 4.69) is 18.7 Å². The Morgan fingerprint density at radius 2 is 2.00 bits per heavy atom. The van der Waals surface area contributed by atoms with E-state index in [9.17, 15) is 4.79 Å². The molecule has 4 heteroatoms. The lowest BCUT2D eigenvalue weighted by Crippen LogP contribution is -2.59. The Balaban J connectivity index is 1.99. The van der Waals surface area contributed by atoms with Gasteiger partial charge in [-0.1, -0.05) is 13.8 Å². The van der Waals surface area contributed by atoms with E-state index in [-0.39, 0.29) is 5.97 Å². The van der Waals surface area contributed by atoms with Gasteiger partial charge >= 0.3 is 5.97 Å². The largest absolute Gasteiger partial charge is 0.468 e. The summed E-state index contributed by atoms with van der Waals surface area (Å²) in [5, 5.41) is 0. The van der Waals surface area contributed by atoms with Gasteiger partial charge in [0.1, 0.15) is 5.54 Å². The van der Waals surface area contributed by atoms with E-state index in [1.54, 1.807) is 0 Å². The molecule has 3 unspecified atom stereocenters. The fourth-order valence-corrected chi connectivity index (χ4v) is 3.01. The lowest BCUT2D eigenvalue weighted by molar-refractivity contribution is -0.149. The topological polar surface area (TPSA) is 55.6 Å². The maximum absolute atomic E-state index is 12.0. The van der Waals surface area contributed by atoms with Crippen molar-refractivity contribution in [3.05, 3.63) is 0 Å². The number of hydrogen-bond donors (Lipinski definition) is 1. The van der Waals surface area contributed by atoms with Crippen LogP contribution in [0, 0.1) is 17.8 Å². The molecule has 18 heavy (non-hydrogen) atoms. The summed E-state index contributed by atoms with van der Waals surface area (Å²) in [4.78, 5) is 14.3. The molecule has 104 valence electrons. The molecular weight excluding hydrogens is 228 g/mol. The molecule has 0 amide bonds. The maximum Gasteiger partial charge on any atom is 0.327 e. The van der Waals surface area contributed by atoms with Crippen LogP contribution in [0.25, 0.3) is 0 Å². The fraction of sp³-hybridized carbons (Fsp3) is 0.929. The van der Waals surface area contributed by atoms with Gasteiger partial charge in [0, 0.05) is 13.1 Å². The number of nitrogens with two attached hydrogens (primary N) is 1. The van der Waals surface area contributed by atoms with Crippen molar-refractivity contribution < 1.29 is 9.53 Å². The summed E-state index contributed by atoms with van der Waals surface area (Å²) in [6.45, 7) is 7.34. The van der Waals surface area contributed by atoms with Crippen molar-refractivity contribution in [2.75, 3.05) is 26.7 Å². The normalized spacial score (nSPS) is 32.9. The van der Waals surface area contributed by atoms with Crippen LogP contribution in [-0.4, -0.2) is 43.2 Å². The maximum atomic E-state index is 12.0. The lowest BCUT2D eigenvalue weighted by Gasteiger charge is -2.39. The number of carbonyl (C=O) groups excluding carboxylic acids is 1. The highest BCUT2D eigenvalue weighted by Crippen LogP contribution is 2.40. The van der Waals surface area contributed by atoms with Gasteiger partial charge in [0.05, 0.1) is 7.11 Å². The number of rotatable bonds is 4. The monoisotopic (exact) mass is 254 g/mol. The number of esters is 1. The first-order chi connectivity index (χ1) is 8.47. The molecule has 0 aromatic carbocycles. The molecule has 2 N–H and O–H groups in total. The Morgan fingerprint density at radius 3 is 2.50 bits per heavy atom. The number of ether oxygens (including phenoxy) is 1. The molecule has 1 saturated carbocycles. The number of nitrogens with zero attached hydrogens (tertiary/aromatic N) is 1. The van der Waals surface area contributed by atoms with Gasteiger partial charge in [-0.15, -0.1) is 0 Å². The van der Waals surface area contributed by atoms with Crippen molar-refractivity contribution in [1.29, 1.82) is 0 Å². The third kappa shape index (κ3) is 2.69. The zero-order valence-electron chi connectivity index (χ0n) is 11.8. The van der Waals surface area contributed by atoms with E-state index in [0.717, 1.165) is 31.8 Å². The highest BCUT2D eigenvalue weighted by molar-refractivity contribution is 5.81. The summed E-state index contributed by atoms with van der Waals surface area (Å²) >= 11 is 0. The molecule has 0 aromatic rings. The van der Waals surface area contributed by atoms with Crippen LogP contribution >= 0.6 is 0 Å². The number of carbonyl (C=O) groups is 1. The van der Waals surface area contributed by atoms with Gasteiger partial charge in [-0.25, -0.2) is 0 Å². The van der Waals surface area contributed by atoms with Crippen LogP contribution in [0.5, 0.6) is 0 Å². The van der Waals surface area contributed by atoms with Gasteiger partial charge in [-0.2, -0.15) is 0 Å². The second-order valence-electron chi connectivity index (χ2n) is 6.28. The predicted molar refractivity (Wildman–Crippen MR) is 71.0 cm³/mol. The molecular formula is C14H26N2O2. The van der Waals surface area contributed by atoms with Crippen LogP contribution < -0.4 is 5.73 Å². The molecule has 1 heterocycles. The molecule has 1 saturated heterocycles.